The van der Waals surface area contributed by atoms with Crippen molar-refractivity contribution in [2.24, 2.45) is 5.10 Å². The van der Waals surface area contributed by atoms with E-state index in [2.05, 4.69) is 45.5 Å². The largest absolute Gasteiger partial charge is 0.378 e. The SMILES string of the molecule is Cc1cccc(/C=N/Nc2nc(N3CCOCC3)c3sc(-c4ccncc4)cc3n2)c1. The Labute approximate surface area is 184 Å². The number of morpholine rings is 1. The number of pyridine rings is 1. The first kappa shape index (κ1) is 19.6. The maximum atomic E-state index is 5.53. The molecule has 0 amide bonds. The molecule has 0 atom stereocenters. The Morgan fingerprint density at radius 1 is 1.10 bits per heavy atom. The minimum atomic E-state index is 0.483. The first-order chi connectivity index (χ1) is 15.3. The van der Waals surface area contributed by atoms with Gasteiger partial charge in [-0.3, -0.25) is 4.98 Å². The van der Waals surface area contributed by atoms with Crippen molar-refractivity contribution in [3.8, 4) is 10.4 Å². The van der Waals surface area contributed by atoms with Gasteiger partial charge in [0.25, 0.3) is 0 Å². The Kier molecular flexibility index (Phi) is 5.56. The summed E-state index contributed by atoms with van der Waals surface area (Å²) in [5.41, 5.74) is 7.26. The van der Waals surface area contributed by atoms with Crippen molar-refractivity contribution in [2.75, 3.05) is 36.6 Å². The third-order valence-corrected chi connectivity index (χ3v) is 6.22. The monoisotopic (exact) mass is 430 g/mol. The van der Waals surface area contributed by atoms with E-state index in [0.717, 1.165) is 45.1 Å². The van der Waals surface area contributed by atoms with Crippen molar-refractivity contribution < 1.29 is 4.74 Å². The van der Waals surface area contributed by atoms with Crippen LogP contribution in [0.3, 0.4) is 0 Å². The molecular formula is C23H22N6OS. The van der Waals surface area contributed by atoms with E-state index < -0.39 is 0 Å². The summed E-state index contributed by atoms with van der Waals surface area (Å²) >= 11 is 1.70. The van der Waals surface area contributed by atoms with E-state index in [0.29, 0.717) is 19.2 Å². The molecule has 0 saturated carbocycles. The van der Waals surface area contributed by atoms with E-state index in [4.69, 9.17) is 14.7 Å². The predicted molar refractivity (Wildman–Crippen MR) is 126 cm³/mol. The van der Waals surface area contributed by atoms with Crippen molar-refractivity contribution >= 4 is 39.5 Å². The lowest BCUT2D eigenvalue weighted by Crippen LogP contribution is -2.36. The number of aromatic nitrogens is 3. The van der Waals surface area contributed by atoms with Crippen LogP contribution in [0.1, 0.15) is 11.1 Å². The third-order valence-electron chi connectivity index (χ3n) is 5.05. The van der Waals surface area contributed by atoms with Gasteiger partial charge in [-0.25, -0.2) is 10.4 Å². The molecular weight excluding hydrogens is 408 g/mol. The van der Waals surface area contributed by atoms with E-state index in [9.17, 15) is 0 Å². The van der Waals surface area contributed by atoms with Crippen LogP contribution in [0.5, 0.6) is 0 Å². The number of nitrogens with zero attached hydrogens (tertiary/aromatic N) is 5. The van der Waals surface area contributed by atoms with Gasteiger partial charge in [-0.15, -0.1) is 11.3 Å². The van der Waals surface area contributed by atoms with Crippen LogP contribution in [0, 0.1) is 6.92 Å². The highest BCUT2D eigenvalue weighted by Gasteiger charge is 2.20. The highest BCUT2D eigenvalue weighted by atomic mass is 32.1. The van der Waals surface area contributed by atoms with E-state index in [1.54, 1.807) is 29.9 Å². The van der Waals surface area contributed by atoms with Gasteiger partial charge in [0.1, 0.15) is 0 Å². The second kappa shape index (κ2) is 8.79. The van der Waals surface area contributed by atoms with Crippen LogP contribution in [-0.2, 0) is 4.74 Å². The van der Waals surface area contributed by atoms with Crippen molar-refractivity contribution in [3.63, 3.8) is 0 Å². The predicted octanol–water partition coefficient (Wildman–Crippen LogP) is 4.34. The number of hydrazone groups is 1. The molecule has 1 aliphatic rings. The molecule has 1 aromatic carbocycles. The number of hydrogen-bond donors (Lipinski definition) is 1. The molecule has 5 rings (SSSR count). The second-order valence-corrected chi connectivity index (χ2v) is 8.37. The Balaban J connectivity index is 1.50. The van der Waals surface area contributed by atoms with E-state index in [1.807, 2.05) is 24.3 Å². The van der Waals surface area contributed by atoms with E-state index in [1.165, 1.54) is 5.56 Å². The molecule has 1 aliphatic heterocycles. The normalized spacial score (nSPS) is 14.4. The van der Waals surface area contributed by atoms with Gasteiger partial charge in [-0.2, -0.15) is 10.1 Å². The molecule has 0 bridgehead atoms. The standard InChI is InChI=1S/C23H22N6OS/c1-16-3-2-4-17(13-16)15-25-28-23-26-19-14-20(18-5-7-24-8-6-18)31-21(19)22(27-23)29-9-11-30-12-10-29/h2-8,13-15H,9-12H2,1H3,(H,26,27,28)/b25-15+. The van der Waals surface area contributed by atoms with Gasteiger partial charge in [0.15, 0.2) is 5.82 Å². The quantitative estimate of drug-likeness (QED) is 0.375. The lowest BCUT2D eigenvalue weighted by Gasteiger charge is -2.28. The molecule has 156 valence electrons. The van der Waals surface area contributed by atoms with Crippen molar-refractivity contribution in [1.82, 2.24) is 15.0 Å². The number of fused-ring (bicyclic) bond motifs is 1. The molecule has 7 nitrogen and oxygen atoms in total. The first-order valence-electron chi connectivity index (χ1n) is 10.2. The zero-order valence-corrected chi connectivity index (χ0v) is 18.0. The van der Waals surface area contributed by atoms with E-state index >= 15 is 0 Å². The molecule has 0 aliphatic carbocycles. The topological polar surface area (TPSA) is 75.5 Å². The minimum absolute atomic E-state index is 0.483. The highest BCUT2D eigenvalue weighted by molar-refractivity contribution is 7.22. The van der Waals surface area contributed by atoms with Crippen LogP contribution in [0.2, 0.25) is 0 Å². The molecule has 0 radical (unpaired) electrons. The number of ether oxygens (including phenoxy) is 1. The lowest BCUT2D eigenvalue weighted by atomic mass is 10.2. The van der Waals surface area contributed by atoms with Crippen molar-refractivity contribution in [1.29, 1.82) is 0 Å². The average molecular weight is 431 g/mol. The van der Waals surface area contributed by atoms with E-state index in [-0.39, 0.29) is 0 Å². The van der Waals surface area contributed by atoms with Crippen LogP contribution < -0.4 is 10.3 Å². The summed E-state index contributed by atoms with van der Waals surface area (Å²) in [5, 5.41) is 4.36. The zero-order chi connectivity index (χ0) is 21.0. The summed E-state index contributed by atoms with van der Waals surface area (Å²) in [5.74, 6) is 1.41. The molecule has 0 unspecified atom stereocenters. The molecule has 31 heavy (non-hydrogen) atoms. The van der Waals surface area contributed by atoms with Crippen LogP contribution in [0.25, 0.3) is 20.7 Å². The third kappa shape index (κ3) is 4.40. The highest BCUT2D eigenvalue weighted by Crippen LogP contribution is 2.38. The van der Waals surface area contributed by atoms with Crippen LogP contribution in [-0.4, -0.2) is 47.5 Å². The van der Waals surface area contributed by atoms with Crippen LogP contribution >= 0.6 is 11.3 Å². The summed E-state index contributed by atoms with van der Waals surface area (Å²) in [6, 6.07) is 14.3. The number of thiophene rings is 1. The maximum Gasteiger partial charge on any atom is 0.246 e. The second-order valence-electron chi connectivity index (χ2n) is 7.32. The summed E-state index contributed by atoms with van der Waals surface area (Å²) < 4.78 is 6.61. The average Bonchev–Trinajstić information content (AvgIpc) is 3.24. The molecule has 1 saturated heterocycles. The number of rotatable bonds is 5. The molecule has 1 N–H and O–H groups in total. The maximum absolute atomic E-state index is 5.53. The molecule has 4 heterocycles. The summed E-state index contributed by atoms with van der Waals surface area (Å²) in [6.07, 6.45) is 5.40. The smallest absolute Gasteiger partial charge is 0.246 e. The fraction of sp³-hybridized carbons (Fsp3) is 0.217. The number of aryl methyl sites for hydroxylation is 1. The fourth-order valence-electron chi connectivity index (χ4n) is 3.53. The van der Waals surface area contributed by atoms with Gasteiger partial charge < -0.3 is 9.64 Å². The molecule has 3 aromatic heterocycles. The number of nitrogens with one attached hydrogen (secondary N) is 1. The fourth-order valence-corrected chi connectivity index (χ4v) is 4.65. The van der Waals surface area contributed by atoms with Crippen LogP contribution in [0.15, 0.2) is 60.0 Å². The number of benzene rings is 1. The summed E-state index contributed by atoms with van der Waals surface area (Å²) in [7, 11) is 0. The number of anilines is 2. The Morgan fingerprint density at radius 2 is 1.94 bits per heavy atom. The van der Waals surface area contributed by atoms with Crippen LogP contribution in [0.4, 0.5) is 11.8 Å². The molecule has 8 heteroatoms. The minimum Gasteiger partial charge on any atom is -0.378 e. The van der Waals surface area contributed by atoms with Gasteiger partial charge in [0, 0.05) is 30.4 Å². The zero-order valence-electron chi connectivity index (χ0n) is 17.2. The van der Waals surface area contributed by atoms with Gasteiger partial charge >= 0.3 is 0 Å². The Hall–Kier alpha value is -3.36. The van der Waals surface area contributed by atoms with Gasteiger partial charge in [0.2, 0.25) is 5.95 Å². The summed E-state index contributed by atoms with van der Waals surface area (Å²) in [4.78, 5) is 17.1. The molecule has 0 spiro atoms. The first-order valence-corrected chi connectivity index (χ1v) is 11.0. The van der Waals surface area contributed by atoms with Gasteiger partial charge in [-0.05, 0) is 36.2 Å². The van der Waals surface area contributed by atoms with Gasteiger partial charge in [-0.1, -0.05) is 29.8 Å². The van der Waals surface area contributed by atoms with Gasteiger partial charge in [0.05, 0.1) is 29.6 Å². The number of hydrogen-bond acceptors (Lipinski definition) is 8. The molecule has 4 aromatic rings. The Bertz CT molecular complexity index is 1220. The van der Waals surface area contributed by atoms with Crippen molar-refractivity contribution in [3.05, 3.63) is 66.0 Å². The molecule has 1 fully saturated rings. The Morgan fingerprint density at radius 3 is 2.74 bits per heavy atom. The lowest BCUT2D eigenvalue weighted by molar-refractivity contribution is 0.122. The van der Waals surface area contributed by atoms with Crippen molar-refractivity contribution in [2.45, 2.75) is 6.92 Å². The summed E-state index contributed by atoms with van der Waals surface area (Å²) in [6.45, 7) is 5.07.